The number of rotatable bonds is 5. The number of H-pyrrole nitrogens is 1. The molecule has 1 aromatic heterocycles. The van der Waals surface area contributed by atoms with E-state index in [0.29, 0.717) is 16.6 Å². The van der Waals surface area contributed by atoms with Crippen molar-refractivity contribution in [2.24, 2.45) is 0 Å². The van der Waals surface area contributed by atoms with Gasteiger partial charge in [-0.3, -0.25) is 9.89 Å². The van der Waals surface area contributed by atoms with E-state index >= 15 is 0 Å². The number of carbonyl (C=O) groups is 1. The van der Waals surface area contributed by atoms with Crippen molar-refractivity contribution in [1.82, 2.24) is 10.2 Å². The first-order chi connectivity index (χ1) is 9.95. The fourth-order valence-electron chi connectivity index (χ4n) is 1.59. The first-order valence-corrected chi connectivity index (χ1v) is 7.37. The van der Waals surface area contributed by atoms with E-state index < -0.39 is 11.6 Å². The van der Waals surface area contributed by atoms with Crippen molar-refractivity contribution in [3.63, 3.8) is 0 Å². The zero-order valence-corrected chi connectivity index (χ0v) is 12.4. The van der Waals surface area contributed by atoms with Gasteiger partial charge < -0.3 is 5.32 Å². The maximum absolute atomic E-state index is 13.0. The highest BCUT2D eigenvalue weighted by Crippen LogP contribution is 2.21. The molecule has 0 radical (unpaired) electrons. The standard InChI is InChI=1S/C14H15F2N3OS/c1-8(2)12-6-13(19-18-12)17-14(20)7-21-9-3-4-10(15)11(16)5-9/h3-6,8H,7H2,1-2H3,(H2,17,18,19,20). The Hall–Kier alpha value is -1.89. The van der Waals surface area contributed by atoms with Gasteiger partial charge >= 0.3 is 0 Å². The minimum Gasteiger partial charge on any atom is -0.308 e. The van der Waals surface area contributed by atoms with Crippen LogP contribution in [0.3, 0.4) is 0 Å². The first kappa shape index (κ1) is 15.5. The molecule has 0 aliphatic rings. The molecule has 4 nitrogen and oxygen atoms in total. The van der Waals surface area contributed by atoms with Crippen LogP contribution in [0, 0.1) is 11.6 Å². The van der Waals surface area contributed by atoms with Crippen molar-refractivity contribution in [1.29, 1.82) is 0 Å². The maximum atomic E-state index is 13.0. The number of nitrogens with zero attached hydrogens (tertiary/aromatic N) is 1. The number of anilines is 1. The number of nitrogens with one attached hydrogen (secondary N) is 2. The third-order valence-electron chi connectivity index (χ3n) is 2.75. The van der Waals surface area contributed by atoms with Crippen molar-refractivity contribution in [2.75, 3.05) is 11.1 Å². The zero-order valence-electron chi connectivity index (χ0n) is 11.6. The third-order valence-corrected chi connectivity index (χ3v) is 3.74. The van der Waals surface area contributed by atoms with Gasteiger partial charge in [0.2, 0.25) is 5.91 Å². The number of aromatic amines is 1. The highest BCUT2D eigenvalue weighted by atomic mass is 32.2. The Balaban J connectivity index is 1.88. The molecule has 1 aromatic carbocycles. The van der Waals surface area contributed by atoms with Gasteiger partial charge in [-0.15, -0.1) is 11.8 Å². The number of hydrogen-bond donors (Lipinski definition) is 2. The maximum Gasteiger partial charge on any atom is 0.235 e. The first-order valence-electron chi connectivity index (χ1n) is 6.38. The van der Waals surface area contributed by atoms with Gasteiger partial charge in [-0.1, -0.05) is 13.8 Å². The Morgan fingerprint density at radius 2 is 2.10 bits per heavy atom. The van der Waals surface area contributed by atoms with Crippen LogP contribution in [0.2, 0.25) is 0 Å². The third kappa shape index (κ3) is 4.29. The fraction of sp³-hybridized carbons (Fsp3) is 0.286. The number of amides is 1. The van der Waals surface area contributed by atoms with Gasteiger partial charge in [-0.2, -0.15) is 5.10 Å². The second kappa shape index (κ2) is 6.71. The summed E-state index contributed by atoms with van der Waals surface area (Å²) in [4.78, 5) is 12.3. The predicted octanol–water partition coefficient (Wildman–Crippen LogP) is 3.54. The zero-order chi connectivity index (χ0) is 15.4. The minimum absolute atomic E-state index is 0.0922. The molecule has 1 amide bonds. The predicted molar refractivity (Wildman–Crippen MR) is 78.4 cm³/mol. The van der Waals surface area contributed by atoms with Crippen LogP contribution in [0.5, 0.6) is 0 Å². The Morgan fingerprint density at radius 3 is 2.71 bits per heavy atom. The monoisotopic (exact) mass is 311 g/mol. The van der Waals surface area contributed by atoms with Crippen LogP contribution in [0.4, 0.5) is 14.6 Å². The van der Waals surface area contributed by atoms with Crippen molar-refractivity contribution in [2.45, 2.75) is 24.7 Å². The molecule has 1 heterocycles. The lowest BCUT2D eigenvalue weighted by Crippen LogP contribution is -2.14. The van der Waals surface area contributed by atoms with Crippen molar-refractivity contribution >= 4 is 23.5 Å². The molecule has 0 atom stereocenters. The van der Waals surface area contributed by atoms with E-state index in [0.717, 1.165) is 29.6 Å². The highest BCUT2D eigenvalue weighted by molar-refractivity contribution is 8.00. The second-order valence-corrected chi connectivity index (χ2v) is 5.82. The van der Waals surface area contributed by atoms with E-state index in [2.05, 4.69) is 15.5 Å². The summed E-state index contributed by atoms with van der Waals surface area (Å²) < 4.78 is 25.8. The van der Waals surface area contributed by atoms with Crippen LogP contribution < -0.4 is 5.32 Å². The Labute approximate surface area is 125 Å². The fourth-order valence-corrected chi connectivity index (χ4v) is 2.31. The largest absolute Gasteiger partial charge is 0.308 e. The van der Waals surface area contributed by atoms with Crippen LogP contribution in [0.25, 0.3) is 0 Å². The molecule has 0 bridgehead atoms. The van der Waals surface area contributed by atoms with Crippen LogP contribution in [0.1, 0.15) is 25.5 Å². The lowest BCUT2D eigenvalue weighted by atomic mass is 10.1. The Morgan fingerprint density at radius 1 is 1.33 bits per heavy atom. The smallest absolute Gasteiger partial charge is 0.235 e. The SMILES string of the molecule is CC(C)c1cc(NC(=O)CSc2ccc(F)c(F)c2)n[nH]1. The topological polar surface area (TPSA) is 57.8 Å². The molecule has 0 aliphatic carbocycles. The number of aromatic nitrogens is 2. The summed E-state index contributed by atoms with van der Waals surface area (Å²) in [5, 5.41) is 9.46. The summed E-state index contributed by atoms with van der Waals surface area (Å²) >= 11 is 1.13. The number of carbonyl (C=O) groups excluding carboxylic acids is 1. The summed E-state index contributed by atoms with van der Waals surface area (Å²) in [5.74, 6) is -1.24. The van der Waals surface area contributed by atoms with E-state index in [9.17, 15) is 13.6 Å². The van der Waals surface area contributed by atoms with Gasteiger partial charge in [0, 0.05) is 16.7 Å². The van der Waals surface area contributed by atoms with E-state index in [1.165, 1.54) is 6.07 Å². The summed E-state index contributed by atoms with van der Waals surface area (Å²) in [7, 11) is 0. The highest BCUT2D eigenvalue weighted by Gasteiger charge is 2.09. The lowest BCUT2D eigenvalue weighted by Gasteiger charge is -2.03. The molecule has 2 N–H and O–H groups in total. The summed E-state index contributed by atoms with van der Waals surface area (Å²) in [6.45, 7) is 4.02. The summed E-state index contributed by atoms with van der Waals surface area (Å²) in [6, 6.07) is 5.31. The van der Waals surface area contributed by atoms with Crippen LogP contribution in [-0.2, 0) is 4.79 Å². The molecule has 7 heteroatoms. The number of thioether (sulfide) groups is 1. The molecule has 112 valence electrons. The molecule has 2 rings (SSSR count). The van der Waals surface area contributed by atoms with E-state index in [-0.39, 0.29) is 11.7 Å². The van der Waals surface area contributed by atoms with E-state index in [4.69, 9.17) is 0 Å². The molecule has 2 aromatic rings. The average Bonchev–Trinajstić information content (AvgIpc) is 2.89. The molecule has 0 fully saturated rings. The quantitative estimate of drug-likeness (QED) is 0.830. The average molecular weight is 311 g/mol. The van der Waals surface area contributed by atoms with Gasteiger partial charge in [-0.25, -0.2) is 8.78 Å². The van der Waals surface area contributed by atoms with Gasteiger partial charge in [0.15, 0.2) is 17.5 Å². The molecule has 0 aliphatic heterocycles. The molecular formula is C14H15F2N3OS. The van der Waals surface area contributed by atoms with Crippen molar-refractivity contribution < 1.29 is 13.6 Å². The van der Waals surface area contributed by atoms with Crippen LogP contribution >= 0.6 is 11.8 Å². The molecular weight excluding hydrogens is 296 g/mol. The van der Waals surface area contributed by atoms with E-state index in [1.54, 1.807) is 6.07 Å². The normalized spacial score (nSPS) is 10.9. The van der Waals surface area contributed by atoms with Gasteiger partial charge in [0.25, 0.3) is 0 Å². The molecule has 0 spiro atoms. The van der Waals surface area contributed by atoms with E-state index in [1.807, 2.05) is 13.8 Å². The van der Waals surface area contributed by atoms with Gasteiger partial charge in [-0.05, 0) is 24.1 Å². The molecule has 21 heavy (non-hydrogen) atoms. The van der Waals surface area contributed by atoms with Gasteiger partial charge in [0.1, 0.15) is 0 Å². The number of benzene rings is 1. The molecule has 0 saturated heterocycles. The van der Waals surface area contributed by atoms with Crippen LogP contribution in [0.15, 0.2) is 29.2 Å². The van der Waals surface area contributed by atoms with Gasteiger partial charge in [0.05, 0.1) is 5.75 Å². The number of hydrogen-bond acceptors (Lipinski definition) is 3. The summed E-state index contributed by atoms with van der Waals surface area (Å²) in [5.41, 5.74) is 0.929. The Bertz CT molecular complexity index is 643. The second-order valence-electron chi connectivity index (χ2n) is 4.78. The summed E-state index contributed by atoms with van der Waals surface area (Å²) in [6.07, 6.45) is 0. The Kier molecular flexibility index (Phi) is 4.95. The lowest BCUT2D eigenvalue weighted by molar-refractivity contribution is -0.113. The molecule has 0 unspecified atom stereocenters. The minimum atomic E-state index is -0.922. The van der Waals surface area contributed by atoms with Crippen LogP contribution in [-0.4, -0.2) is 21.9 Å². The molecule has 0 saturated carbocycles. The van der Waals surface area contributed by atoms with Crippen molar-refractivity contribution in [3.05, 3.63) is 41.6 Å². The number of halogens is 2. The van der Waals surface area contributed by atoms with Crippen molar-refractivity contribution in [3.8, 4) is 0 Å².